The van der Waals surface area contributed by atoms with Gasteiger partial charge in [0, 0.05) is 24.3 Å². The van der Waals surface area contributed by atoms with E-state index in [9.17, 15) is 13.5 Å². The second-order valence-electron chi connectivity index (χ2n) is 10.1. The van der Waals surface area contributed by atoms with Crippen molar-refractivity contribution < 1.29 is 13.5 Å². The van der Waals surface area contributed by atoms with Crippen LogP contribution in [0.2, 0.25) is 0 Å². The van der Waals surface area contributed by atoms with Gasteiger partial charge in [0.25, 0.3) is 0 Å². The number of nitrogens with one attached hydrogen (secondary N) is 2. The number of rotatable bonds is 9. The number of benzene rings is 1. The molecule has 0 amide bonds. The highest BCUT2D eigenvalue weighted by Gasteiger charge is 2.26. The monoisotopic (exact) mass is 512 g/mol. The molecule has 3 N–H and O–H groups in total. The van der Waals surface area contributed by atoms with Crippen LogP contribution in [0.3, 0.4) is 0 Å². The fourth-order valence-corrected chi connectivity index (χ4v) is 6.58. The fourth-order valence-electron chi connectivity index (χ4n) is 5.28. The van der Waals surface area contributed by atoms with Gasteiger partial charge in [0.15, 0.2) is 5.65 Å². The lowest BCUT2D eigenvalue weighted by Crippen LogP contribution is -2.32. The zero-order valence-corrected chi connectivity index (χ0v) is 21.7. The Hall–Kier alpha value is -2.56. The fraction of sp³-hybridized carbons (Fsp3) is 0.577. The maximum atomic E-state index is 12.9. The molecule has 2 aliphatic rings. The van der Waals surface area contributed by atoms with Crippen LogP contribution < -0.4 is 10.0 Å². The summed E-state index contributed by atoms with van der Waals surface area (Å²) in [7, 11) is -3.55. The van der Waals surface area contributed by atoms with Gasteiger partial charge in [0.05, 0.1) is 22.4 Å². The highest BCUT2D eigenvalue weighted by atomic mass is 32.2. The van der Waals surface area contributed by atoms with E-state index in [0.717, 1.165) is 93.0 Å². The van der Waals surface area contributed by atoms with Crippen LogP contribution in [0.1, 0.15) is 77.2 Å². The molecule has 0 unspecified atom stereocenters. The van der Waals surface area contributed by atoms with Crippen molar-refractivity contribution in [1.29, 1.82) is 0 Å². The summed E-state index contributed by atoms with van der Waals surface area (Å²) < 4.78 is 30.5. The third kappa shape index (κ3) is 5.40. The summed E-state index contributed by atoms with van der Waals surface area (Å²) in [6.45, 7) is 2.95. The van der Waals surface area contributed by atoms with Gasteiger partial charge in [-0.2, -0.15) is 10.1 Å². The third-order valence-corrected chi connectivity index (χ3v) is 8.93. The molecule has 0 bridgehead atoms. The molecule has 9 nitrogen and oxygen atoms in total. The van der Waals surface area contributed by atoms with E-state index in [0.29, 0.717) is 5.95 Å². The average Bonchev–Trinajstić information content (AvgIpc) is 3.52. The van der Waals surface area contributed by atoms with E-state index in [2.05, 4.69) is 21.9 Å². The molecule has 2 aliphatic carbocycles. The largest absolute Gasteiger partial charge is 0.393 e. The molecule has 5 rings (SSSR count). The topological polar surface area (TPSA) is 122 Å². The van der Waals surface area contributed by atoms with E-state index in [1.165, 1.54) is 0 Å². The summed E-state index contributed by atoms with van der Waals surface area (Å²) in [6.07, 6.45) is 10.8. The minimum Gasteiger partial charge on any atom is -0.393 e. The van der Waals surface area contributed by atoms with Crippen molar-refractivity contribution in [2.75, 3.05) is 11.9 Å². The molecule has 2 heterocycles. The molecule has 0 aliphatic heterocycles. The van der Waals surface area contributed by atoms with Crippen LogP contribution in [0, 0.1) is 0 Å². The number of anilines is 1. The number of hydrogen-bond acceptors (Lipinski definition) is 7. The third-order valence-electron chi connectivity index (χ3n) is 7.39. The predicted octanol–water partition coefficient (Wildman–Crippen LogP) is 4.40. The van der Waals surface area contributed by atoms with Crippen molar-refractivity contribution in [2.45, 2.75) is 94.2 Å². The highest BCUT2D eigenvalue weighted by molar-refractivity contribution is 7.89. The molecule has 0 saturated heterocycles. The van der Waals surface area contributed by atoms with Crippen LogP contribution in [0.15, 0.2) is 35.4 Å². The molecular formula is C26H36N6O3S. The molecular weight excluding hydrogens is 476 g/mol. The minimum absolute atomic E-state index is 0.0283. The van der Waals surface area contributed by atoms with Gasteiger partial charge in [0.2, 0.25) is 16.0 Å². The van der Waals surface area contributed by atoms with Crippen LogP contribution in [0.25, 0.3) is 22.3 Å². The standard InChI is InChI=1S/C26H36N6O3S/c1-2-3-16-27-26-28-17-23-24(30-32(25(23)29-26)20-10-12-21(33)13-11-20)18-8-14-22(15-9-18)36(34,35)31-19-6-4-5-7-19/h8-9,14-15,17,19-21,31,33H,2-7,10-13,16H2,1H3,(H,27,28,29)/t20-,21+. The van der Waals surface area contributed by atoms with Gasteiger partial charge in [-0.15, -0.1) is 0 Å². The summed E-state index contributed by atoms with van der Waals surface area (Å²) >= 11 is 0. The number of aliphatic hydroxyl groups excluding tert-OH is 1. The number of aliphatic hydroxyl groups is 1. The Morgan fingerprint density at radius 3 is 2.47 bits per heavy atom. The number of sulfonamides is 1. The van der Waals surface area contributed by atoms with Gasteiger partial charge in [-0.1, -0.05) is 38.3 Å². The summed E-state index contributed by atoms with van der Waals surface area (Å²) in [5, 5.41) is 19.1. The first kappa shape index (κ1) is 25.1. The Labute approximate surface area is 212 Å². The lowest BCUT2D eigenvalue weighted by atomic mass is 9.93. The van der Waals surface area contributed by atoms with E-state index < -0.39 is 10.0 Å². The molecule has 0 spiro atoms. The summed E-state index contributed by atoms with van der Waals surface area (Å²) in [6, 6.07) is 7.10. The SMILES string of the molecule is CCCCNc1ncc2c(-c3ccc(S(=O)(=O)NC4CCCC4)cc3)nn([C@H]3CC[C@@H](O)CC3)c2n1. The van der Waals surface area contributed by atoms with Crippen molar-refractivity contribution in [3.05, 3.63) is 30.5 Å². The van der Waals surface area contributed by atoms with Crippen LogP contribution in [0.5, 0.6) is 0 Å². The molecule has 2 aromatic heterocycles. The van der Waals surface area contributed by atoms with Crippen LogP contribution in [0.4, 0.5) is 5.95 Å². The number of nitrogens with zero attached hydrogens (tertiary/aromatic N) is 4. The first-order valence-electron chi connectivity index (χ1n) is 13.2. The molecule has 194 valence electrons. The van der Waals surface area contributed by atoms with Crippen molar-refractivity contribution in [3.8, 4) is 11.3 Å². The quantitative estimate of drug-likeness (QED) is 0.363. The Morgan fingerprint density at radius 1 is 1.06 bits per heavy atom. The van der Waals surface area contributed by atoms with Gasteiger partial charge in [-0.25, -0.2) is 22.8 Å². The molecule has 36 heavy (non-hydrogen) atoms. The van der Waals surface area contributed by atoms with Crippen molar-refractivity contribution in [1.82, 2.24) is 24.5 Å². The van der Waals surface area contributed by atoms with Gasteiger partial charge < -0.3 is 10.4 Å². The zero-order valence-electron chi connectivity index (χ0n) is 20.9. The lowest BCUT2D eigenvalue weighted by Gasteiger charge is -2.25. The maximum absolute atomic E-state index is 12.9. The van der Waals surface area contributed by atoms with Crippen molar-refractivity contribution in [2.24, 2.45) is 0 Å². The average molecular weight is 513 g/mol. The predicted molar refractivity (Wildman–Crippen MR) is 140 cm³/mol. The van der Waals surface area contributed by atoms with Gasteiger partial charge >= 0.3 is 0 Å². The molecule has 2 saturated carbocycles. The maximum Gasteiger partial charge on any atom is 0.240 e. The normalized spacial score (nSPS) is 21.3. The number of unbranched alkanes of at least 4 members (excludes halogenated alkanes) is 1. The van der Waals surface area contributed by atoms with Gasteiger partial charge in [-0.05, 0) is 57.1 Å². The zero-order chi connectivity index (χ0) is 25.1. The molecule has 0 atom stereocenters. The Kier molecular flexibility index (Phi) is 7.55. The first-order valence-corrected chi connectivity index (χ1v) is 14.7. The molecule has 10 heteroatoms. The van der Waals surface area contributed by atoms with Crippen molar-refractivity contribution in [3.63, 3.8) is 0 Å². The van der Waals surface area contributed by atoms with Crippen LogP contribution in [-0.4, -0.2) is 52.0 Å². The summed E-state index contributed by atoms with van der Waals surface area (Å²) in [5.41, 5.74) is 2.33. The molecule has 0 radical (unpaired) electrons. The smallest absolute Gasteiger partial charge is 0.240 e. The molecule has 3 aromatic rings. The Balaban J connectivity index is 1.46. The summed E-state index contributed by atoms with van der Waals surface area (Å²) in [4.78, 5) is 9.61. The van der Waals surface area contributed by atoms with Crippen LogP contribution in [-0.2, 0) is 10.0 Å². The first-order chi connectivity index (χ1) is 17.4. The van der Waals surface area contributed by atoms with E-state index in [-0.39, 0.29) is 23.1 Å². The van der Waals surface area contributed by atoms with Crippen LogP contribution >= 0.6 is 0 Å². The van der Waals surface area contributed by atoms with Gasteiger partial charge in [-0.3, -0.25) is 0 Å². The minimum atomic E-state index is -3.55. The van der Waals surface area contributed by atoms with Gasteiger partial charge in [0.1, 0.15) is 5.69 Å². The van der Waals surface area contributed by atoms with E-state index in [4.69, 9.17) is 10.1 Å². The molecule has 2 fully saturated rings. The number of fused-ring (bicyclic) bond motifs is 1. The second kappa shape index (κ2) is 10.8. The Morgan fingerprint density at radius 2 is 1.78 bits per heavy atom. The second-order valence-corrected chi connectivity index (χ2v) is 11.8. The van der Waals surface area contributed by atoms with E-state index >= 15 is 0 Å². The lowest BCUT2D eigenvalue weighted by molar-refractivity contribution is 0.109. The van der Waals surface area contributed by atoms with E-state index in [1.807, 2.05) is 16.8 Å². The Bertz CT molecular complexity index is 1280. The highest BCUT2D eigenvalue weighted by Crippen LogP contribution is 2.35. The number of hydrogen-bond donors (Lipinski definition) is 3. The molecule has 1 aromatic carbocycles. The number of aromatic nitrogens is 4. The van der Waals surface area contributed by atoms with E-state index in [1.54, 1.807) is 18.3 Å². The summed E-state index contributed by atoms with van der Waals surface area (Å²) in [5.74, 6) is 0.582. The van der Waals surface area contributed by atoms with Crippen molar-refractivity contribution >= 4 is 27.0 Å².